The topological polar surface area (TPSA) is 26.3 Å². The van der Waals surface area contributed by atoms with Gasteiger partial charge in [0.1, 0.15) is 12.4 Å². The van der Waals surface area contributed by atoms with E-state index in [1.54, 1.807) is 0 Å². The summed E-state index contributed by atoms with van der Waals surface area (Å²) in [4.78, 5) is 11.5. The second-order valence-corrected chi connectivity index (χ2v) is 9.18. The Morgan fingerprint density at radius 3 is 2.43 bits per heavy atom. The van der Waals surface area contributed by atoms with E-state index in [4.69, 9.17) is 4.74 Å². The van der Waals surface area contributed by atoms with Gasteiger partial charge in [0.05, 0.1) is 0 Å². The van der Waals surface area contributed by atoms with Gasteiger partial charge in [0, 0.05) is 16.3 Å². The number of benzene rings is 3. The van der Waals surface area contributed by atoms with E-state index in [0.29, 0.717) is 15.2 Å². The lowest BCUT2D eigenvalue weighted by Gasteiger charge is -2.32. The Hall–Kier alpha value is -2.44. The van der Waals surface area contributed by atoms with Crippen molar-refractivity contribution in [2.75, 3.05) is 0 Å². The van der Waals surface area contributed by atoms with Gasteiger partial charge >= 0.3 is 0 Å². The molecule has 0 aliphatic carbocycles. The van der Waals surface area contributed by atoms with E-state index in [2.05, 4.69) is 57.2 Å². The number of aryl methyl sites for hydroxylation is 1. The number of rotatable bonds is 8. The molecule has 3 heteroatoms. The third-order valence-electron chi connectivity index (χ3n) is 5.17. The zero-order valence-electron chi connectivity index (χ0n) is 16.7. The summed E-state index contributed by atoms with van der Waals surface area (Å²) >= 11 is 0. The van der Waals surface area contributed by atoms with Gasteiger partial charge < -0.3 is 4.74 Å². The fraction of sp³-hybridized carbons (Fsp3) is 0.240. The van der Waals surface area contributed by atoms with E-state index in [1.807, 2.05) is 36.4 Å². The zero-order chi connectivity index (χ0) is 20.0. The molecule has 3 rings (SSSR count). The molecule has 2 unspecified atom stereocenters. The van der Waals surface area contributed by atoms with Gasteiger partial charge in [0.15, 0.2) is 6.29 Å². The molecule has 0 aliphatic heterocycles. The average Bonchev–Trinajstić information content (AvgIpc) is 2.74. The van der Waals surface area contributed by atoms with E-state index >= 15 is 0 Å². The molecule has 0 bridgehead atoms. The highest BCUT2D eigenvalue weighted by Crippen LogP contribution is 2.47. The number of aldehydes is 1. The Kier molecular flexibility index (Phi) is 6.65. The second-order valence-electron chi connectivity index (χ2n) is 7.29. The molecule has 0 saturated carbocycles. The van der Waals surface area contributed by atoms with Crippen molar-refractivity contribution in [1.29, 1.82) is 0 Å². The highest BCUT2D eigenvalue weighted by atomic mass is 31.1. The molecule has 3 aromatic carbocycles. The number of carbonyl (C=O) groups excluding carboxylic acids is 1. The van der Waals surface area contributed by atoms with Crippen molar-refractivity contribution in [1.82, 2.24) is 0 Å². The van der Waals surface area contributed by atoms with E-state index in [9.17, 15) is 4.79 Å². The molecule has 0 amide bonds. The van der Waals surface area contributed by atoms with Crippen LogP contribution in [0.3, 0.4) is 0 Å². The summed E-state index contributed by atoms with van der Waals surface area (Å²) in [5, 5.41) is 1.01. The van der Waals surface area contributed by atoms with Gasteiger partial charge in [-0.25, -0.2) is 0 Å². The van der Waals surface area contributed by atoms with Gasteiger partial charge in [-0.1, -0.05) is 94.7 Å². The summed E-state index contributed by atoms with van der Waals surface area (Å²) in [7, 11) is 0.484. The van der Waals surface area contributed by atoms with E-state index in [1.165, 1.54) is 11.1 Å². The van der Waals surface area contributed by atoms with Gasteiger partial charge in [-0.05, 0) is 30.3 Å². The van der Waals surface area contributed by atoms with Gasteiger partial charge in [0.25, 0.3) is 0 Å². The zero-order valence-corrected chi connectivity index (χ0v) is 17.7. The second kappa shape index (κ2) is 9.17. The minimum absolute atomic E-state index is 0.100. The van der Waals surface area contributed by atoms with Crippen LogP contribution in [0.15, 0.2) is 72.8 Å². The summed E-state index contributed by atoms with van der Waals surface area (Å²) in [6.07, 6.45) is 1.92. The normalized spacial score (nSPS) is 13.4. The summed E-state index contributed by atoms with van der Waals surface area (Å²) in [5.74, 6) is 0.926. The van der Waals surface area contributed by atoms with Crippen LogP contribution in [0.25, 0.3) is 0 Å². The van der Waals surface area contributed by atoms with Gasteiger partial charge in [0.2, 0.25) is 0 Å². The predicted octanol–water partition coefficient (Wildman–Crippen LogP) is 6.02. The molecule has 0 fully saturated rings. The molecule has 0 aliphatic rings. The van der Waals surface area contributed by atoms with Crippen molar-refractivity contribution in [2.45, 2.75) is 39.0 Å². The van der Waals surface area contributed by atoms with E-state index in [0.717, 1.165) is 34.9 Å². The Morgan fingerprint density at radius 1 is 1.00 bits per heavy atom. The van der Waals surface area contributed by atoms with Crippen LogP contribution >= 0.6 is 8.58 Å². The molecule has 0 aromatic heterocycles. The average molecular weight is 390 g/mol. The van der Waals surface area contributed by atoms with Crippen LogP contribution in [0.5, 0.6) is 5.75 Å². The van der Waals surface area contributed by atoms with E-state index < -0.39 is 0 Å². The minimum atomic E-state index is -0.100. The first-order chi connectivity index (χ1) is 13.6. The van der Waals surface area contributed by atoms with Gasteiger partial charge in [-0.2, -0.15) is 0 Å². The Balaban J connectivity index is 1.94. The number of carbonyl (C=O) groups is 1. The maximum Gasteiger partial charge on any atom is 0.150 e. The van der Waals surface area contributed by atoms with Crippen molar-refractivity contribution < 1.29 is 9.53 Å². The lowest BCUT2D eigenvalue weighted by Crippen LogP contribution is -2.21. The van der Waals surface area contributed by atoms with Gasteiger partial charge in [-0.3, -0.25) is 4.79 Å². The summed E-state index contributed by atoms with van der Waals surface area (Å²) in [5.41, 5.74) is 4.36. The molecule has 0 heterocycles. The van der Waals surface area contributed by atoms with Crippen LogP contribution in [-0.4, -0.2) is 6.29 Å². The Labute approximate surface area is 169 Å². The maximum absolute atomic E-state index is 11.5. The van der Waals surface area contributed by atoms with Crippen LogP contribution in [0, 0.1) is 6.92 Å². The summed E-state index contributed by atoms with van der Waals surface area (Å²) in [6.45, 7) is 7.14. The smallest absolute Gasteiger partial charge is 0.150 e. The van der Waals surface area contributed by atoms with Crippen molar-refractivity contribution >= 4 is 20.2 Å². The fourth-order valence-corrected chi connectivity index (χ4v) is 4.86. The standard InChI is InChI=1S/C25H27O2P/c1-4-25(3,28-24-13-9-8-12-21(24)17-26)22-16-19(2)14-15-23(22)27-18-20-10-6-5-7-11-20/h5-17,28H,4,18H2,1-3H3. The summed E-state index contributed by atoms with van der Waals surface area (Å²) < 4.78 is 6.26. The van der Waals surface area contributed by atoms with Crippen LogP contribution in [-0.2, 0) is 11.8 Å². The van der Waals surface area contributed by atoms with Crippen LogP contribution in [0.1, 0.15) is 47.3 Å². The van der Waals surface area contributed by atoms with Crippen LogP contribution in [0.2, 0.25) is 0 Å². The quantitative estimate of drug-likeness (QED) is 0.347. The maximum atomic E-state index is 11.5. The molecular formula is C25H27O2P. The van der Waals surface area contributed by atoms with Crippen molar-refractivity contribution in [3.63, 3.8) is 0 Å². The molecule has 0 saturated heterocycles. The molecule has 2 atom stereocenters. The number of hydrogen-bond acceptors (Lipinski definition) is 2. The molecule has 2 nitrogen and oxygen atoms in total. The molecule has 144 valence electrons. The molecule has 0 N–H and O–H groups in total. The van der Waals surface area contributed by atoms with Crippen molar-refractivity contribution in [3.05, 3.63) is 95.1 Å². The SMILES string of the molecule is CCC(C)(Pc1ccccc1C=O)c1cc(C)ccc1OCc1ccccc1. The third-order valence-corrected chi connectivity index (χ3v) is 7.07. The fourth-order valence-electron chi connectivity index (χ4n) is 3.29. The Bertz CT molecular complexity index is 936. The summed E-state index contributed by atoms with van der Waals surface area (Å²) in [6, 6.07) is 24.5. The van der Waals surface area contributed by atoms with Crippen molar-refractivity contribution in [3.8, 4) is 5.75 Å². The Morgan fingerprint density at radius 2 is 1.71 bits per heavy atom. The number of hydrogen-bond donors (Lipinski definition) is 0. The molecule has 0 spiro atoms. The van der Waals surface area contributed by atoms with E-state index in [-0.39, 0.29) is 5.16 Å². The monoisotopic (exact) mass is 390 g/mol. The highest BCUT2D eigenvalue weighted by Gasteiger charge is 2.29. The number of ether oxygens (including phenoxy) is 1. The lowest BCUT2D eigenvalue weighted by molar-refractivity contribution is 0.112. The minimum Gasteiger partial charge on any atom is -0.489 e. The van der Waals surface area contributed by atoms with Gasteiger partial charge in [-0.15, -0.1) is 0 Å². The van der Waals surface area contributed by atoms with Crippen LogP contribution in [0.4, 0.5) is 0 Å². The molecular weight excluding hydrogens is 363 g/mol. The molecule has 3 aromatic rings. The molecule has 28 heavy (non-hydrogen) atoms. The first-order valence-electron chi connectivity index (χ1n) is 9.66. The molecule has 0 radical (unpaired) electrons. The lowest BCUT2D eigenvalue weighted by atomic mass is 9.95. The third kappa shape index (κ3) is 4.69. The highest BCUT2D eigenvalue weighted by molar-refractivity contribution is 7.48. The predicted molar refractivity (Wildman–Crippen MR) is 119 cm³/mol. The van der Waals surface area contributed by atoms with Crippen molar-refractivity contribution in [2.24, 2.45) is 0 Å². The first-order valence-corrected chi connectivity index (χ1v) is 10.7. The van der Waals surface area contributed by atoms with Crippen LogP contribution < -0.4 is 10.0 Å². The first kappa shape index (κ1) is 20.3. The largest absolute Gasteiger partial charge is 0.489 e.